The largest absolute Gasteiger partial charge is 0.351 e. The molecule has 4 rings (SSSR count). The van der Waals surface area contributed by atoms with Crippen molar-refractivity contribution >= 4 is 23.2 Å². The van der Waals surface area contributed by atoms with Gasteiger partial charge in [0.25, 0.3) is 11.5 Å². The van der Waals surface area contributed by atoms with E-state index in [1.165, 1.54) is 18.3 Å². The summed E-state index contributed by atoms with van der Waals surface area (Å²) < 4.78 is 1.58. The number of benzene rings is 1. The number of thiazole rings is 1. The van der Waals surface area contributed by atoms with Crippen molar-refractivity contribution in [3.8, 4) is 0 Å². The van der Waals surface area contributed by atoms with Crippen molar-refractivity contribution in [2.45, 2.75) is 32.9 Å². The van der Waals surface area contributed by atoms with Crippen molar-refractivity contribution in [2.24, 2.45) is 0 Å². The summed E-state index contributed by atoms with van der Waals surface area (Å²) in [5.41, 5.74) is 2.46. The maximum absolute atomic E-state index is 13.3. The highest BCUT2D eigenvalue weighted by Crippen LogP contribution is 2.21. The van der Waals surface area contributed by atoms with E-state index in [0.717, 1.165) is 21.7 Å². The summed E-state index contributed by atoms with van der Waals surface area (Å²) in [6.45, 7) is 3.22. The van der Waals surface area contributed by atoms with E-state index in [1.54, 1.807) is 21.9 Å². The predicted molar refractivity (Wildman–Crippen MR) is 119 cm³/mol. The summed E-state index contributed by atoms with van der Waals surface area (Å²) in [6.07, 6.45) is 4.64. The van der Waals surface area contributed by atoms with Crippen LogP contribution in [0, 0.1) is 0 Å². The molecular weight excluding hydrogens is 412 g/mol. The molecule has 31 heavy (non-hydrogen) atoms. The second-order valence-electron chi connectivity index (χ2n) is 7.55. The Hall–Kier alpha value is -3.26. The SMILES string of the molecule is CC(=O)N1CCc2c(cn(Cc3ccccc3)c(=O)c2C(=O)NCCc2nccs2)C1. The van der Waals surface area contributed by atoms with Crippen LogP contribution >= 0.6 is 11.3 Å². The number of nitrogens with one attached hydrogen (secondary N) is 1. The molecule has 0 fully saturated rings. The lowest BCUT2D eigenvalue weighted by Gasteiger charge is -2.29. The molecule has 0 saturated carbocycles. The van der Waals surface area contributed by atoms with Crippen LogP contribution in [0.5, 0.6) is 0 Å². The van der Waals surface area contributed by atoms with E-state index in [1.807, 2.05) is 35.7 Å². The molecule has 0 atom stereocenters. The molecule has 0 unspecified atom stereocenters. The minimum absolute atomic E-state index is 0.0130. The third-order valence-corrected chi connectivity index (χ3v) is 6.28. The lowest BCUT2D eigenvalue weighted by Crippen LogP contribution is -2.41. The third-order valence-electron chi connectivity index (χ3n) is 5.44. The smallest absolute Gasteiger partial charge is 0.264 e. The minimum atomic E-state index is -0.364. The second kappa shape index (κ2) is 9.26. The first-order valence-electron chi connectivity index (χ1n) is 10.2. The van der Waals surface area contributed by atoms with Crippen LogP contribution in [-0.4, -0.2) is 39.4 Å². The molecule has 1 aromatic carbocycles. The average molecular weight is 437 g/mol. The van der Waals surface area contributed by atoms with Crippen molar-refractivity contribution in [2.75, 3.05) is 13.1 Å². The number of rotatable bonds is 6. The number of hydrogen-bond donors (Lipinski definition) is 1. The van der Waals surface area contributed by atoms with Gasteiger partial charge in [-0.25, -0.2) is 4.98 Å². The molecule has 2 amide bonds. The average Bonchev–Trinajstić information content (AvgIpc) is 3.28. The summed E-state index contributed by atoms with van der Waals surface area (Å²) in [7, 11) is 0. The van der Waals surface area contributed by atoms with Crippen molar-refractivity contribution in [3.05, 3.63) is 85.7 Å². The van der Waals surface area contributed by atoms with Crippen molar-refractivity contribution in [3.63, 3.8) is 0 Å². The minimum Gasteiger partial charge on any atom is -0.351 e. The Balaban J connectivity index is 1.65. The maximum Gasteiger partial charge on any atom is 0.264 e. The van der Waals surface area contributed by atoms with E-state index in [0.29, 0.717) is 39.0 Å². The first kappa shape index (κ1) is 21.0. The summed E-state index contributed by atoms with van der Waals surface area (Å²) in [5, 5.41) is 5.72. The van der Waals surface area contributed by atoms with Crippen LogP contribution in [0.4, 0.5) is 0 Å². The number of fused-ring (bicyclic) bond motifs is 1. The standard InChI is InChI=1S/C23H24N4O3S/c1-16(28)26-11-8-19-18(14-26)15-27(13-17-5-3-2-4-6-17)23(30)21(19)22(29)25-9-7-20-24-10-12-31-20/h2-6,10,12,15H,7-9,11,13-14H2,1H3,(H,25,29). The van der Waals surface area contributed by atoms with E-state index in [4.69, 9.17) is 0 Å². The summed E-state index contributed by atoms with van der Waals surface area (Å²) in [5.74, 6) is -0.377. The Morgan fingerprint density at radius 1 is 1.23 bits per heavy atom. The highest BCUT2D eigenvalue weighted by Gasteiger charge is 2.27. The van der Waals surface area contributed by atoms with Crippen molar-refractivity contribution in [1.29, 1.82) is 0 Å². The number of carbonyl (C=O) groups is 2. The Labute approximate surface area is 184 Å². The molecule has 1 N–H and O–H groups in total. The molecule has 0 spiro atoms. The van der Waals surface area contributed by atoms with Gasteiger partial charge in [0.15, 0.2) is 0 Å². The second-order valence-corrected chi connectivity index (χ2v) is 8.53. The molecule has 3 heterocycles. The lowest BCUT2D eigenvalue weighted by atomic mass is 9.95. The number of nitrogens with zero attached hydrogens (tertiary/aromatic N) is 3. The molecule has 0 saturated heterocycles. The first-order valence-corrected chi connectivity index (χ1v) is 11.1. The Bertz CT molecular complexity index is 1140. The Morgan fingerprint density at radius 3 is 2.74 bits per heavy atom. The zero-order valence-corrected chi connectivity index (χ0v) is 18.2. The number of carbonyl (C=O) groups excluding carboxylic acids is 2. The first-order chi connectivity index (χ1) is 15.0. The van der Waals surface area contributed by atoms with Gasteiger partial charge < -0.3 is 14.8 Å². The van der Waals surface area contributed by atoms with Gasteiger partial charge in [-0.1, -0.05) is 30.3 Å². The molecule has 0 aliphatic carbocycles. The van der Waals surface area contributed by atoms with Crippen molar-refractivity contribution in [1.82, 2.24) is 19.8 Å². The van der Waals surface area contributed by atoms with Gasteiger partial charge in [-0.05, 0) is 23.1 Å². The molecule has 1 aliphatic rings. The van der Waals surface area contributed by atoms with Gasteiger partial charge in [-0.3, -0.25) is 14.4 Å². The maximum atomic E-state index is 13.3. The summed E-state index contributed by atoms with van der Waals surface area (Å²) >= 11 is 1.54. The molecule has 3 aromatic rings. The van der Waals surface area contributed by atoms with Gasteiger partial charge in [0.2, 0.25) is 5.91 Å². The Kier molecular flexibility index (Phi) is 6.27. The number of pyridine rings is 1. The van der Waals surface area contributed by atoms with Crippen LogP contribution in [0.3, 0.4) is 0 Å². The molecule has 160 valence electrons. The fourth-order valence-electron chi connectivity index (χ4n) is 3.86. The fraction of sp³-hybridized carbons (Fsp3) is 0.304. The van der Waals surface area contributed by atoms with E-state index in [2.05, 4.69) is 10.3 Å². The highest BCUT2D eigenvalue weighted by atomic mass is 32.1. The number of hydrogen-bond acceptors (Lipinski definition) is 5. The van der Waals surface area contributed by atoms with Crippen LogP contribution < -0.4 is 10.9 Å². The van der Waals surface area contributed by atoms with Gasteiger partial charge in [0.1, 0.15) is 5.56 Å². The van der Waals surface area contributed by atoms with Crippen molar-refractivity contribution < 1.29 is 9.59 Å². The zero-order chi connectivity index (χ0) is 21.8. The molecule has 0 radical (unpaired) electrons. The van der Waals surface area contributed by atoms with Gasteiger partial charge in [0, 0.05) is 50.8 Å². The van der Waals surface area contributed by atoms with E-state index in [-0.39, 0.29) is 22.9 Å². The summed E-state index contributed by atoms with van der Waals surface area (Å²) in [4.78, 5) is 44.2. The van der Waals surface area contributed by atoms with Gasteiger partial charge in [0.05, 0.1) is 11.6 Å². The quantitative estimate of drug-likeness (QED) is 0.642. The van der Waals surface area contributed by atoms with Crippen LogP contribution in [0.25, 0.3) is 0 Å². The third kappa shape index (κ3) is 4.74. The van der Waals surface area contributed by atoms with E-state index < -0.39 is 0 Å². The highest BCUT2D eigenvalue weighted by molar-refractivity contribution is 7.09. The lowest BCUT2D eigenvalue weighted by molar-refractivity contribution is -0.129. The topological polar surface area (TPSA) is 84.3 Å². The molecule has 8 heteroatoms. The van der Waals surface area contributed by atoms with E-state index in [9.17, 15) is 14.4 Å². The zero-order valence-electron chi connectivity index (χ0n) is 17.3. The Morgan fingerprint density at radius 2 is 2.03 bits per heavy atom. The van der Waals surface area contributed by atoms with Gasteiger partial charge >= 0.3 is 0 Å². The molecule has 1 aliphatic heterocycles. The molecule has 2 aromatic heterocycles. The molecule has 7 nitrogen and oxygen atoms in total. The van der Waals surface area contributed by atoms with Crippen LogP contribution in [0.15, 0.2) is 52.9 Å². The predicted octanol–water partition coefficient (Wildman–Crippen LogP) is 2.23. The van der Waals surface area contributed by atoms with Crippen LogP contribution in [0.2, 0.25) is 0 Å². The number of amides is 2. The van der Waals surface area contributed by atoms with Gasteiger partial charge in [-0.15, -0.1) is 11.3 Å². The van der Waals surface area contributed by atoms with Crippen LogP contribution in [-0.2, 0) is 30.7 Å². The monoisotopic (exact) mass is 436 g/mol. The molecule has 0 bridgehead atoms. The number of aromatic nitrogens is 2. The van der Waals surface area contributed by atoms with Gasteiger partial charge in [-0.2, -0.15) is 0 Å². The van der Waals surface area contributed by atoms with E-state index >= 15 is 0 Å². The normalized spacial score (nSPS) is 13.0. The molecular formula is C23H24N4O3S. The van der Waals surface area contributed by atoms with Crippen LogP contribution in [0.1, 0.15) is 39.0 Å². The fourth-order valence-corrected chi connectivity index (χ4v) is 4.48. The summed E-state index contributed by atoms with van der Waals surface area (Å²) in [6, 6.07) is 9.65.